The van der Waals surface area contributed by atoms with Crippen LogP contribution in [0.3, 0.4) is 0 Å². The Kier molecular flexibility index (Phi) is 7.54. The van der Waals surface area contributed by atoms with Crippen molar-refractivity contribution >= 4 is 17.8 Å². The number of ketones is 1. The third-order valence-electron chi connectivity index (χ3n) is 6.40. The lowest BCUT2D eigenvalue weighted by Gasteiger charge is -2.41. The minimum Gasteiger partial charge on any atom is -0.462 e. The van der Waals surface area contributed by atoms with E-state index in [0.717, 1.165) is 0 Å². The van der Waals surface area contributed by atoms with Crippen LogP contribution in [0.25, 0.3) is 6.08 Å². The molecule has 2 heterocycles. The first-order chi connectivity index (χ1) is 16.6. The predicted molar refractivity (Wildman–Crippen MR) is 117 cm³/mol. The van der Waals surface area contributed by atoms with E-state index >= 15 is 0 Å². The topological polar surface area (TPSA) is 184 Å². The van der Waals surface area contributed by atoms with Gasteiger partial charge in [0.25, 0.3) is 0 Å². The van der Waals surface area contributed by atoms with Crippen LogP contribution >= 0.6 is 0 Å². The van der Waals surface area contributed by atoms with Crippen molar-refractivity contribution in [2.45, 2.75) is 75.0 Å². The van der Waals surface area contributed by atoms with E-state index in [1.54, 1.807) is 37.3 Å². The summed E-state index contributed by atoms with van der Waals surface area (Å²) in [5.74, 6) is -0.686. The summed E-state index contributed by atoms with van der Waals surface area (Å²) < 4.78 is 21.3. The van der Waals surface area contributed by atoms with E-state index in [-0.39, 0.29) is 12.4 Å². The number of nitrogens with one attached hydrogen (secondary N) is 1. The number of hydrogen-bond donors (Lipinski definition) is 6. The van der Waals surface area contributed by atoms with Gasteiger partial charge in [-0.05, 0) is 37.6 Å². The standard InChI is InChI=1S/C23H29NO11/c1-9(22(31)24-13-14(26)16(28)21-20(15(13)27)32-8-33-21)7-11-3-5-12(6-4-11)34-23-18(30)17(29)19(35-23)10(2)25/h3-7,13-21,23,26-30H,8H2,1-2H3,(H,24,31)/t13?,14-,15+,16+,17-,18-,19?,20-,21+,23+/m0/s1. The van der Waals surface area contributed by atoms with Gasteiger partial charge in [0.05, 0.1) is 6.04 Å². The van der Waals surface area contributed by atoms with Crippen molar-refractivity contribution in [1.29, 1.82) is 0 Å². The zero-order chi connectivity index (χ0) is 25.4. The molecule has 3 fully saturated rings. The molecule has 1 saturated carbocycles. The molecule has 1 amide bonds. The van der Waals surface area contributed by atoms with E-state index in [0.29, 0.717) is 11.3 Å². The Morgan fingerprint density at radius 3 is 2.14 bits per heavy atom. The SMILES string of the molecule is CC(=O)C1O[C@@H](Oc2ccc(C=C(C)C(=O)NC3[C@@H](O)[C@@H]4OCO[C@@H]4[C@H](O)[C@H]3O)cc2)[C@@H](O)[C@@H]1O. The Bertz CT molecular complexity index is 967. The van der Waals surface area contributed by atoms with Gasteiger partial charge in [-0.15, -0.1) is 0 Å². The molecule has 35 heavy (non-hydrogen) atoms. The summed E-state index contributed by atoms with van der Waals surface area (Å²) in [5.41, 5.74) is 0.886. The molecule has 1 aromatic carbocycles. The molecule has 0 bridgehead atoms. The monoisotopic (exact) mass is 495 g/mol. The highest BCUT2D eigenvalue weighted by Crippen LogP contribution is 2.30. The van der Waals surface area contributed by atoms with Gasteiger partial charge in [0.2, 0.25) is 12.2 Å². The van der Waals surface area contributed by atoms with Crippen LogP contribution in [0.1, 0.15) is 19.4 Å². The highest BCUT2D eigenvalue weighted by Gasteiger charge is 2.53. The second-order valence-electron chi connectivity index (χ2n) is 8.88. The zero-order valence-electron chi connectivity index (χ0n) is 19.1. The molecular formula is C23H29NO11. The lowest BCUT2D eigenvalue weighted by Crippen LogP contribution is -2.67. The number of carbonyl (C=O) groups is 2. The number of amides is 1. The molecule has 10 atom stereocenters. The summed E-state index contributed by atoms with van der Waals surface area (Å²) >= 11 is 0. The largest absolute Gasteiger partial charge is 0.462 e. The summed E-state index contributed by atoms with van der Waals surface area (Å²) in [7, 11) is 0. The second-order valence-corrected chi connectivity index (χ2v) is 8.88. The maximum atomic E-state index is 12.7. The molecule has 6 N–H and O–H groups in total. The summed E-state index contributed by atoms with van der Waals surface area (Å²) in [6.07, 6.45) is -9.41. The molecule has 2 aliphatic heterocycles. The first kappa shape index (κ1) is 25.7. The van der Waals surface area contributed by atoms with E-state index in [9.17, 15) is 35.1 Å². The highest BCUT2D eigenvalue weighted by atomic mass is 16.7. The minimum atomic E-state index is -1.45. The quantitative estimate of drug-likeness (QED) is 0.236. The van der Waals surface area contributed by atoms with Crippen molar-refractivity contribution in [3.8, 4) is 5.75 Å². The van der Waals surface area contributed by atoms with E-state index in [1.165, 1.54) is 6.92 Å². The molecule has 1 aliphatic carbocycles. The van der Waals surface area contributed by atoms with Crippen LogP contribution < -0.4 is 10.1 Å². The molecule has 0 spiro atoms. The first-order valence-electron chi connectivity index (χ1n) is 11.1. The van der Waals surface area contributed by atoms with E-state index in [4.69, 9.17) is 18.9 Å². The highest BCUT2D eigenvalue weighted by molar-refractivity contribution is 5.97. The van der Waals surface area contributed by atoms with Gasteiger partial charge >= 0.3 is 0 Å². The Morgan fingerprint density at radius 1 is 0.914 bits per heavy atom. The number of Topliss-reactive ketones (excluding diaryl/α,β-unsaturated/α-hetero) is 1. The summed E-state index contributed by atoms with van der Waals surface area (Å²) in [6.45, 7) is 2.66. The van der Waals surface area contributed by atoms with Crippen molar-refractivity contribution in [3.63, 3.8) is 0 Å². The number of aliphatic hydroxyl groups is 5. The maximum absolute atomic E-state index is 12.7. The Morgan fingerprint density at radius 2 is 1.54 bits per heavy atom. The number of rotatable bonds is 6. The number of aliphatic hydroxyl groups excluding tert-OH is 5. The van der Waals surface area contributed by atoms with Crippen molar-refractivity contribution < 1.29 is 54.1 Å². The van der Waals surface area contributed by atoms with Gasteiger partial charge in [0.15, 0.2) is 5.78 Å². The third kappa shape index (κ3) is 5.10. The number of carbonyl (C=O) groups excluding carboxylic acids is 2. The summed E-state index contributed by atoms with van der Waals surface area (Å²) in [6, 6.07) is 5.22. The summed E-state index contributed by atoms with van der Waals surface area (Å²) in [5, 5.41) is 53.5. The molecule has 3 aliphatic rings. The second kappa shape index (κ2) is 10.3. The van der Waals surface area contributed by atoms with Gasteiger partial charge in [-0.25, -0.2) is 0 Å². The van der Waals surface area contributed by atoms with Crippen molar-refractivity contribution in [3.05, 3.63) is 35.4 Å². The van der Waals surface area contributed by atoms with Crippen LogP contribution in [-0.4, -0.2) is 105 Å². The molecule has 4 rings (SSSR count). The first-order valence-corrected chi connectivity index (χ1v) is 11.1. The minimum absolute atomic E-state index is 0.126. The number of fused-ring (bicyclic) bond motifs is 1. The van der Waals surface area contributed by atoms with Crippen LogP contribution in [0.5, 0.6) is 5.75 Å². The molecule has 0 aromatic heterocycles. The van der Waals surface area contributed by atoms with Crippen molar-refractivity contribution in [1.82, 2.24) is 5.32 Å². The zero-order valence-corrected chi connectivity index (χ0v) is 19.1. The molecule has 12 heteroatoms. The van der Waals surface area contributed by atoms with Gasteiger partial charge in [0, 0.05) is 5.57 Å². The molecule has 2 unspecified atom stereocenters. The molecule has 192 valence electrons. The van der Waals surface area contributed by atoms with E-state index in [1.807, 2.05) is 0 Å². The Balaban J connectivity index is 1.37. The fourth-order valence-electron chi connectivity index (χ4n) is 4.39. The normalized spacial score (nSPS) is 39.2. The Hall–Kier alpha value is -2.42. The average Bonchev–Trinajstić information content (AvgIpc) is 3.43. The van der Waals surface area contributed by atoms with Gasteiger partial charge in [-0.1, -0.05) is 12.1 Å². The van der Waals surface area contributed by atoms with Gasteiger partial charge in [-0.2, -0.15) is 0 Å². The fourth-order valence-corrected chi connectivity index (χ4v) is 4.39. The number of hydrogen-bond acceptors (Lipinski definition) is 11. The van der Waals surface area contributed by atoms with Crippen molar-refractivity contribution in [2.24, 2.45) is 0 Å². The lowest BCUT2D eigenvalue weighted by atomic mass is 9.83. The van der Waals surface area contributed by atoms with E-state index in [2.05, 4.69) is 5.32 Å². The van der Waals surface area contributed by atoms with Crippen molar-refractivity contribution in [2.75, 3.05) is 6.79 Å². The fraction of sp³-hybridized carbons (Fsp3) is 0.565. The predicted octanol–water partition coefficient (Wildman–Crippen LogP) is -2.17. The molecule has 2 saturated heterocycles. The number of ether oxygens (including phenoxy) is 4. The molecule has 12 nitrogen and oxygen atoms in total. The number of benzene rings is 1. The Labute approximate surface area is 200 Å². The van der Waals surface area contributed by atoms with E-state index < -0.39 is 72.9 Å². The van der Waals surface area contributed by atoms with Gasteiger partial charge in [0.1, 0.15) is 61.4 Å². The molecule has 1 aromatic rings. The average molecular weight is 495 g/mol. The third-order valence-corrected chi connectivity index (χ3v) is 6.40. The maximum Gasteiger partial charge on any atom is 0.247 e. The van der Waals surface area contributed by atoms with Gasteiger partial charge in [-0.3, -0.25) is 9.59 Å². The van der Waals surface area contributed by atoms with Crippen LogP contribution in [0.4, 0.5) is 0 Å². The van der Waals surface area contributed by atoms with Crippen LogP contribution in [0.15, 0.2) is 29.8 Å². The molecular weight excluding hydrogens is 466 g/mol. The smallest absolute Gasteiger partial charge is 0.247 e. The summed E-state index contributed by atoms with van der Waals surface area (Å²) in [4.78, 5) is 24.2. The van der Waals surface area contributed by atoms with Crippen LogP contribution in [0, 0.1) is 0 Å². The van der Waals surface area contributed by atoms with Crippen LogP contribution in [0.2, 0.25) is 0 Å². The molecule has 0 radical (unpaired) electrons. The van der Waals surface area contributed by atoms with Gasteiger partial charge < -0.3 is 49.8 Å². The van der Waals surface area contributed by atoms with Crippen LogP contribution in [-0.2, 0) is 23.8 Å². The lowest BCUT2D eigenvalue weighted by molar-refractivity contribution is -0.155.